The lowest BCUT2D eigenvalue weighted by atomic mass is 9.95. The molecular weight excluding hydrogens is 296 g/mol. The molecule has 2 aromatic rings. The molecule has 0 unspecified atom stereocenters. The summed E-state index contributed by atoms with van der Waals surface area (Å²) in [5, 5.41) is 4.89. The summed E-state index contributed by atoms with van der Waals surface area (Å²) in [6.45, 7) is 4.47. The average molecular weight is 324 g/mol. The van der Waals surface area contributed by atoms with Crippen LogP contribution < -0.4 is 10.2 Å². The van der Waals surface area contributed by atoms with Crippen molar-refractivity contribution in [3.05, 3.63) is 24.3 Å². The smallest absolute Gasteiger partial charge is 0.227 e. The number of nitrogens with zero attached hydrogens (tertiary/aromatic N) is 3. The van der Waals surface area contributed by atoms with Gasteiger partial charge in [-0.2, -0.15) is 4.98 Å². The van der Waals surface area contributed by atoms with Crippen molar-refractivity contribution >= 4 is 22.7 Å². The van der Waals surface area contributed by atoms with Crippen LogP contribution in [0.15, 0.2) is 24.3 Å². The van der Waals surface area contributed by atoms with E-state index in [1.165, 1.54) is 44.9 Å². The Bertz CT molecular complexity index is 693. The minimum atomic E-state index is 0.560. The van der Waals surface area contributed by atoms with Crippen molar-refractivity contribution in [1.82, 2.24) is 9.97 Å². The fourth-order valence-corrected chi connectivity index (χ4v) is 4.13. The number of hydrogen-bond donors (Lipinski definition) is 1. The maximum atomic E-state index is 4.96. The summed E-state index contributed by atoms with van der Waals surface area (Å²) >= 11 is 0. The topological polar surface area (TPSA) is 41.1 Å². The van der Waals surface area contributed by atoms with E-state index in [0.29, 0.717) is 6.04 Å². The average Bonchev–Trinajstić information content (AvgIpc) is 2.62. The minimum absolute atomic E-state index is 0.560. The van der Waals surface area contributed by atoms with Crippen LogP contribution in [-0.2, 0) is 0 Å². The van der Waals surface area contributed by atoms with E-state index in [4.69, 9.17) is 9.97 Å². The van der Waals surface area contributed by atoms with Crippen LogP contribution >= 0.6 is 0 Å². The summed E-state index contributed by atoms with van der Waals surface area (Å²) in [4.78, 5) is 12.2. The largest absolute Gasteiger partial charge is 0.367 e. The molecule has 24 heavy (non-hydrogen) atoms. The van der Waals surface area contributed by atoms with E-state index in [9.17, 15) is 0 Å². The highest BCUT2D eigenvalue weighted by Gasteiger charge is 2.21. The highest BCUT2D eigenvalue weighted by atomic mass is 15.3. The molecule has 0 spiro atoms. The molecule has 0 radical (unpaired) electrons. The Labute approximate surface area is 144 Å². The van der Waals surface area contributed by atoms with Crippen LogP contribution in [0.5, 0.6) is 0 Å². The molecule has 1 saturated carbocycles. The lowest BCUT2D eigenvalue weighted by Gasteiger charge is -2.31. The van der Waals surface area contributed by atoms with Crippen molar-refractivity contribution in [2.45, 2.75) is 57.9 Å². The molecule has 1 atom stereocenters. The molecule has 4 heteroatoms. The van der Waals surface area contributed by atoms with E-state index >= 15 is 0 Å². The number of para-hydroxylation sites is 1. The van der Waals surface area contributed by atoms with Gasteiger partial charge in [0, 0.05) is 24.5 Å². The summed E-state index contributed by atoms with van der Waals surface area (Å²) in [5.41, 5.74) is 1.05. The predicted molar refractivity (Wildman–Crippen MR) is 101 cm³/mol. The maximum Gasteiger partial charge on any atom is 0.227 e. The van der Waals surface area contributed by atoms with E-state index < -0.39 is 0 Å². The van der Waals surface area contributed by atoms with Crippen molar-refractivity contribution in [1.29, 1.82) is 0 Å². The van der Waals surface area contributed by atoms with E-state index in [-0.39, 0.29) is 0 Å². The van der Waals surface area contributed by atoms with Crippen LogP contribution in [0, 0.1) is 5.92 Å². The molecule has 2 fully saturated rings. The Morgan fingerprint density at radius 3 is 2.67 bits per heavy atom. The minimum Gasteiger partial charge on any atom is -0.367 e. The van der Waals surface area contributed by atoms with Gasteiger partial charge in [0.25, 0.3) is 0 Å². The molecule has 4 rings (SSSR count). The standard InChI is InChI=1S/C20H28N4/c1-15-8-7-13-24(14-15)20-22-18-12-6-5-11-17(18)19(23-20)21-16-9-3-2-4-10-16/h5-6,11-12,15-16H,2-4,7-10,13-14H2,1H3,(H,21,22,23)/t15-/m0/s1. The Balaban J connectivity index is 1.67. The highest BCUT2D eigenvalue weighted by Crippen LogP contribution is 2.28. The van der Waals surface area contributed by atoms with Crippen molar-refractivity contribution < 1.29 is 0 Å². The van der Waals surface area contributed by atoms with E-state index in [1.807, 2.05) is 0 Å². The molecule has 0 bridgehead atoms. The third-order valence-electron chi connectivity index (χ3n) is 5.48. The Morgan fingerprint density at radius 1 is 1.00 bits per heavy atom. The van der Waals surface area contributed by atoms with Gasteiger partial charge in [0.05, 0.1) is 5.52 Å². The first-order valence-electron chi connectivity index (χ1n) is 9.58. The number of fused-ring (bicyclic) bond motifs is 1. The second kappa shape index (κ2) is 6.96. The quantitative estimate of drug-likeness (QED) is 0.895. The molecule has 1 aromatic carbocycles. The van der Waals surface area contributed by atoms with Crippen LogP contribution in [0.1, 0.15) is 51.9 Å². The first kappa shape index (κ1) is 15.7. The van der Waals surface area contributed by atoms with Crippen molar-refractivity contribution in [3.8, 4) is 0 Å². The van der Waals surface area contributed by atoms with Crippen LogP contribution in [0.25, 0.3) is 10.9 Å². The first-order valence-corrected chi connectivity index (χ1v) is 9.58. The van der Waals surface area contributed by atoms with Gasteiger partial charge in [-0.3, -0.25) is 0 Å². The zero-order valence-corrected chi connectivity index (χ0v) is 14.7. The maximum absolute atomic E-state index is 4.96. The zero-order chi connectivity index (χ0) is 16.4. The second-order valence-electron chi connectivity index (χ2n) is 7.56. The van der Waals surface area contributed by atoms with Gasteiger partial charge in [-0.15, -0.1) is 0 Å². The van der Waals surface area contributed by atoms with E-state index in [0.717, 1.165) is 41.7 Å². The number of benzene rings is 1. The molecule has 128 valence electrons. The summed E-state index contributed by atoms with van der Waals surface area (Å²) in [7, 11) is 0. The molecule has 2 aliphatic rings. The molecule has 4 nitrogen and oxygen atoms in total. The summed E-state index contributed by atoms with van der Waals surface area (Å²) < 4.78 is 0. The molecular formula is C20H28N4. The van der Waals surface area contributed by atoms with Gasteiger partial charge in [0.2, 0.25) is 5.95 Å². The van der Waals surface area contributed by atoms with Crippen LogP contribution in [0.2, 0.25) is 0 Å². The Kier molecular flexibility index (Phi) is 4.54. The van der Waals surface area contributed by atoms with Gasteiger partial charge in [0.15, 0.2) is 0 Å². The van der Waals surface area contributed by atoms with Gasteiger partial charge in [-0.25, -0.2) is 4.98 Å². The summed E-state index contributed by atoms with van der Waals surface area (Å²) in [6, 6.07) is 8.97. The van der Waals surface area contributed by atoms with Crippen LogP contribution in [0.4, 0.5) is 11.8 Å². The fourth-order valence-electron chi connectivity index (χ4n) is 4.13. The van der Waals surface area contributed by atoms with Gasteiger partial charge < -0.3 is 10.2 Å². The lowest BCUT2D eigenvalue weighted by molar-refractivity contribution is 0.442. The zero-order valence-electron chi connectivity index (χ0n) is 14.7. The first-order chi connectivity index (χ1) is 11.8. The van der Waals surface area contributed by atoms with Crippen molar-refractivity contribution in [3.63, 3.8) is 0 Å². The third-order valence-corrected chi connectivity index (χ3v) is 5.48. The predicted octanol–water partition coefficient (Wildman–Crippen LogP) is 4.61. The van der Waals surface area contributed by atoms with Crippen LogP contribution in [0.3, 0.4) is 0 Å². The molecule has 1 aliphatic heterocycles. The van der Waals surface area contributed by atoms with E-state index in [1.54, 1.807) is 0 Å². The number of aromatic nitrogens is 2. The Hall–Kier alpha value is -1.84. The van der Waals surface area contributed by atoms with Crippen LogP contribution in [-0.4, -0.2) is 29.1 Å². The SMILES string of the molecule is C[C@H]1CCCN(c2nc(NC3CCCCC3)c3ccccc3n2)C1. The van der Waals surface area contributed by atoms with E-state index in [2.05, 4.69) is 41.4 Å². The van der Waals surface area contributed by atoms with Gasteiger partial charge in [-0.05, 0) is 43.7 Å². The molecule has 2 heterocycles. The Morgan fingerprint density at radius 2 is 1.83 bits per heavy atom. The number of piperidine rings is 1. The van der Waals surface area contributed by atoms with Crippen molar-refractivity contribution in [2.75, 3.05) is 23.3 Å². The van der Waals surface area contributed by atoms with Crippen molar-refractivity contribution in [2.24, 2.45) is 5.92 Å². The molecule has 1 saturated heterocycles. The fraction of sp³-hybridized carbons (Fsp3) is 0.600. The third kappa shape index (κ3) is 3.33. The monoisotopic (exact) mass is 324 g/mol. The van der Waals surface area contributed by atoms with Gasteiger partial charge in [0.1, 0.15) is 5.82 Å². The molecule has 1 aliphatic carbocycles. The number of anilines is 2. The summed E-state index contributed by atoms with van der Waals surface area (Å²) in [6.07, 6.45) is 9.11. The molecule has 1 aromatic heterocycles. The lowest BCUT2D eigenvalue weighted by Crippen LogP contribution is -2.35. The number of hydrogen-bond acceptors (Lipinski definition) is 4. The second-order valence-corrected chi connectivity index (χ2v) is 7.56. The summed E-state index contributed by atoms with van der Waals surface area (Å²) in [5.74, 6) is 2.66. The normalized spacial score (nSPS) is 22.7. The molecule has 0 amide bonds. The van der Waals surface area contributed by atoms with Gasteiger partial charge in [-0.1, -0.05) is 38.3 Å². The molecule has 1 N–H and O–H groups in total. The number of nitrogens with one attached hydrogen (secondary N) is 1. The van der Waals surface area contributed by atoms with Gasteiger partial charge >= 0.3 is 0 Å². The highest BCUT2D eigenvalue weighted by molar-refractivity contribution is 5.90. The number of rotatable bonds is 3.